The van der Waals surface area contributed by atoms with Gasteiger partial charge in [-0.05, 0) is 37.1 Å². The van der Waals surface area contributed by atoms with E-state index in [4.69, 9.17) is 0 Å². The summed E-state index contributed by atoms with van der Waals surface area (Å²) in [6, 6.07) is 3.27. The molecule has 1 saturated carbocycles. The predicted octanol–water partition coefficient (Wildman–Crippen LogP) is 2.88. The first-order valence-electron chi connectivity index (χ1n) is 7.89. The Labute approximate surface area is 145 Å². The van der Waals surface area contributed by atoms with Gasteiger partial charge in [-0.2, -0.15) is 13.2 Å². The van der Waals surface area contributed by atoms with E-state index in [0.29, 0.717) is 12.8 Å². The Balaban J connectivity index is 2.24. The molecule has 1 aromatic carbocycles. The fraction of sp³-hybridized carbons (Fsp3) is 0.600. The van der Waals surface area contributed by atoms with Gasteiger partial charge in [0.25, 0.3) is 0 Å². The Morgan fingerprint density at radius 2 is 1.52 bits per heavy atom. The average Bonchev–Trinajstić information content (AvgIpc) is 2.54. The zero-order valence-corrected chi connectivity index (χ0v) is 15.2. The number of rotatable bonds is 5. The van der Waals surface area contributed by atoms with E-state index >= 15 is 0 Å². The lowest BCUT2D eigenvalue weighted by Crippen LogP contribution is -2.47. The SMILES string of the molecule is CCS(=O)(=O)c1ccc(S(=O)(=O)NC2CCCCC2C(F)(F)F)cc1. The van der Waals surface area contributed by atoms with Gasteiger partial charge in [0, 0.05) is 6.04 Å². The standard InChI is InChI=1S/C15H20F3NO4S2/c1-2-24(20,21)11-7-9-12(10-8-11)25(22,23)19-14-6-4-3-5-13(14)15(16,17)18/h7-10,13-14,19H,2-6H2,1H3. The summed E-state index contributed by atoms with van der Waals surface area (Å²) in [5.74, 6) is -1.84. The highest BCUT2D eigenvalue weighted by Crippen LogP contribution is 2.38. The number of hydrogen-bond donors (Lipinski definition) is 1. The van der Waals surface area contributed by atoms with Crippen molar-refractivity contribution < 1.29 is 30.0 Å². The highest BCUT2D eigenvalue weighted by Gasteiger charge is 2.46. The molecule has 1 fully saturated rings. The third-order valence-corrected chi connectivity index (χ3v) is 7.62. The predicted molar refractivity (Wildman–Crippen MR) is 86.3 cm³/mol. The average molecular weight is 399 g/mol. The van der Waals surface area contributed by atoms with E-state index < -0.39 is 38.0 Å². The molecule has 10 heteroatoms. The maximum atomic E-state index is 13.1. The van der Waals surface area contributed by atoms with Crippen LogP contribution in [0.15, 0.2) is 34.1 Å². The first kappa shape index (κ1) is 20.2. The number of benzene rings is 1. The molecule has 0 spiro atoms. The van der Waals surface area contributed by atoms with Crippen molar-refractivity contribution in [2.75, 3.05) is 5.75 Å². The van der Waals surface area contributed by atoms with Gasteiger partial charge in [-0.25, -0.2) is 21.6 Å². The molecule has 0 aliphatic heterocycles. The first-order chi connectivity index (χ1) is 11.5. The summed E-state index contributed by atoms with van der Waals surface area (Å²) in [7, 11) is -7.65. The van der Waals surface area contributed by atoms with Gasteiger partial charge >= 0.3 is 6.18 Å². The van der Waals surface area contributed by atoms with Crippen molar-refractivity contribution in [3.05, 3.63) is 24.3 Å². The number of hydrogen-bond acceptors (Lipinski definition) is 4. The molecular weight excluding hydrogens is 379 g/mol. The topological polar surface area (TPSA) is 80.3 Å². The smallest absolute Gasteiger partial charge is 0.224 e. The minimum Gasteiger partial charge on any atom is -0.224 e. The lowest BCUT2D eigenvalue weighted by atomic mass is 9.85. The molecule has 1 N–H and O–H groups in total. The third kappa shape index (κ3) is 4.73. The molecular formula is C15H20F3NO4S2. The van der Waals surface area contributed by atoms with E-state index in [-0.39, 0.29) is 28.4 Å². The van der Waals surface area contributed by atoms with Crippen molar-refractivity contribution in [1.29, 1.82) is 0 Å². The Hall–Kier alpha value is -1.13. The van der Waals surface area contributed by atoms with Gasteiger partial charge in [-0.15, -0.1) is 0 Å². The number of alkyl halides is 3. The Kier molecular flexibility index (Phi) is 5.85. The molecule has 2 rings (SSSR count). The van der Waals surface area contributed by atoms with Crippen LogP contribution in [0.4, 0.5) is 13.2 Å². The van der Waals surface area contributed by atoms with Gasteiger partial charge < -0.3 is 0 Å². The normalized spacial score (nSPS) is 22.7. The molecule has 5 nitrogen and oxygen atoms in total. The summed E-state index contributed by atoms with van der Waals surface area (Å²) in [6.45, 7) is 1.46. The van der Waals surface area contributed by atoms with Crippen molar-refractivity contribution in [3.63, 3.8) is 0 Å². The van der Waals surface area contributed by atoms with E-state index in [9.17, 15) is 30.0 Å². The van der Waals surface area contributed by atoms with E-state index in [1.165, 1.54) is 6.92 Å². The van der Waals surface area contributed by atoms with Gasteiger partial charge in [0.1, 0.15) is 0 Å². The molecule has 1 aromatic rings. The fourth-order valence-electron chi connectivity index (χ4n) is 2.92. The van der Waals surface area contributed by atoms with Crippen molar-refractivity contribution in [2.45, 2.75) is 54.6 Å². The summed E-state index contributed by atoms with van der Waals surface area (Å²) in [6.07, 6.45) is -3.53. The largest absolute Gasteiger partial charge is 0.393 e. The van der Waals surface area contributed by atoms with Crippen LogP contribution < -0.4 is 4.72 Å². The number of sulfonamides is 1. The van der Waals surface area contributed by atoms with Crippen LogP contribution in [0.3, 0.4) is 0 Å². The van der Waals surface area contributed by atoms with Crippen molar-refractivity contribution in [1.82, 2.24) is 4.72 Å². The lowest BCUT2D eigenvalue weighted by Gasteiger charge is -2.33. The minimum absolute atomic E-state index is 0.0280. The van der Waals surface area contributed by atoms with E-state index in [1.54, 1.807) is 0 Å². The highest BCUT2D eigenvalue weighted by molar-refractivity contribution is 7.91. The van der Waals surface area contributed by atoms with Crippen LogP contribution in [-0.4, -0.2) is 34.8 Å². The molecule has 2 unspecified atom stereocenters. The van der Waals surface area contributed by atoms with Crippen LogP contribution in [0.2, 0.25) is 0 Å². The second kappa shape index (κ2) is 7.24. The van der Waals surface area contributed by atoms with Gasteiger partial charge in [0.05, 0.1) is 21.5 Å². The second-order valence-electron chi connectivity index (χ2n) is 6.04. The van der Waals surface area contributed by atoms with Crippen LogP contribution in [0, 0.1) is 5.92 Å². The third-order valence-electron chi connectivity index (χ3n) is 4.37. The molecule has 0 amide bonds. The number of sulfone groups is 1. The molecule has 1 aliphatic carbocycles. The van der Waals surface area contributed by atoms with Crippen LogP contribution >= 0.6 is 0 Å². The number of halogens is 3. The van der Waals surface area contributed by atoms with Crippen molar-refractivity contribution >= 4 is 19.9 Å². The van der Waals surface area contributed by atoms with E-state index in [1.807, 2.05) is 0 Å². The Morgan fingerprint density at radius 1 is 1.00 bits per heavy atom. The Bertz CT molecular complexity index is 802. The molecule has 0 radical (unpaired) electrons. The van der Waals surface area contributed by atoms with Crippen LogP contribution in [-0.2, 0) is 19.9 Å². The zero-order chi connectivity index (χ0) is 18.9. The maximum Gasteiger partial charge on any atom is 0.393 e. The Morgan fingerprint density at radius 3 is 2.04 bits per heavy atom. The van der Waals surface area contributed by atoms with Crippen LogP contribution in [0.1, 0.15) is 32.6 Å². The first-order valence-corrected chi connectivity index (χ1v) is 11.0. The lowest BCUT2D eigenvalue weighted by molar-refractivity contribution is -0.187. The molecule has 2 atom stereocenters. The quantitative estimate of drug-likeness (QED) is 0.826. The summed E-state index contributed by atoms with van der Waals surface area (Å²) >= 11 is 0. The van der Waals surface area contributed by atoms with E-state index in [2.05, 4.69) is 4.72 Å². The molecule has 0 saturated heterocycles. The molecule has 142 valence electrons. The van der Waals surface area contributed by atoms with Gasteiger partial charge in [-0.3, -0.25) is 0 Å². The highest BCUT2D eigenvalue weighted by atomic mass is 32.2. The van der Waals surface area contributed by atoms with Crippen LogP contribution in [0.25, 0.3) is 0 Å². The fourth-order valence-corrected chi connectivity index (χ4v) is 5.12. The monoisotopic (exact) mass is 399 g/mol. The molecule has 1 aliphatic rings. The molecule has 25 heavy (non-hydrogen) atoms. The van der Waals surface area contributed by atoms with E-state index in [0.717, 1.165) is 24.3 Å². The van der Waals surface area contributed by atoms with Crippen molar-refractivity contribution in [2.24, 2.45) is 5.92 Å². The summed E-state index contributed by atoms with van der Waals surface area (Å²) in [5, 5.41) is 0. The second-order valence-corrected chi connectivity index (χ2v) is 10.0. The summed E-state index contributed by atoms with van der Waals surface area (Å²) in [5.41, 5.74) is 0. The van der Waals surface area contributed by atoms with Crippen molar-refractivity contribution in [3.8, 4) is 0 Å². The molecule has 0 bridgehead atoms. The van der Waals surface area contributed by atoms with Gasteiger partial charge in [0.15, 0.2) is 9.84 Å². The van der Waals surface area contributed by atoms with Gasteiger partial charge in [0.2, 0.25) is 10.0 Å². The zero-order valence-electron chi connectivity index (χ0n) is 13.6. The summed E-state index contributed by atoms with van der Waals surface area (Å²) in [4.78, 5) is -0.283. The van der Waals surface area contributed by atoms with Gasteiger partial charge in [-0.1, -0.05) is 19.8 Å². The van der Waals surface area contributed by atoms with Crippen LogP contribution in [0.5, 0.6) is 0 Å². The maximum absolute atomic E-state index is 13.1. The molecule has 0 aromatic heterocycles. The minimum atomic E-state index is -4.47. The number of nitrogens with one attached hydrogen (secondary N) is 1. The summed E-state index contributed by atoms with van der Waals surface area (Å²) < 4.78 is 89.7. The molecule has 0 heterocycles.